The van der Waals surface area contributed by atoms with Gasteiger partial charge in [0.1, 0.15) is 4.60 Å². The van der Waals surface area contributed by atoms with Gasteiger partial charge in [0.2, 0.25) is 0 Å². The molecule has 17 heavy (non-hydrogen) atoms. The predicted octanol–water partition coefficient (Wildman–Crippen LogP) is 4.81. The number of rotatable bonds is 1. The van der Waals surface area contributed by atoms with Crippen LogP contribution in [0.4, 0.5) is 0 Å². The van der Waals surface area contributed by atoms with Gasteiger partial charge in [-0.15, -0.1) is 0 Å². The molecule has 88 valence electrons. The molecule has 1 heterocycles. The van der Waals surface area contributed by atoms with E-state index in [1.165, 1.54) is 16.7 Å². The summed E-state index contributed by atoms with van der Waals surface area (Å²) in [6.45, 7) is 6.68. The van der Waals surface area contributed by atoms with E-state index in [0.717, 1.165) is 4.60 Å². The Morgan fingerprint density at radius 2 is 1.59 bits per heavy atom. The average Bonchev–Trinajstić information content (AvgIpc) is 2.28. The second-order valence-electron chi connectivity index (χ2n) is 5.19. The molecule has 2 aromatic rings. The van der Waals surface area contributed by atoms with Crippen molar-refractivity contribution >= 4 is 15.9 Å². The number of halogens is 1. The third-order valence-electron chi connectivity index (χ3n) is 2.81. The van der Waals surface area contributed by atoms with Gasteiger partial charge >= 0.3 is 0 Å². The van der Waals surface area contributed by atoms with E-state index in [2.05, 4.69) is 66.0 Å². The fourth-order valence-electron chi connectivity index (χ4n) is 1.74. The minimum absolute atomic E-state index is 0.206. The molecular formula is C15H16BrN. The van der Waals surface area contributed by atoms with Crippen molar-refractivity contribution in [2.24, 2.45) is 0 Å². The molecule has 2 heteroatoms. The van der Waals surface area contributed by atoms with E-state index in [0.29, 0.717) is 0 Å². The number of hydrogen-bond acceptors (Lipinski definition) is 1. The molecule has 0 fully saturated rings. The summed E-state index contributed by atoms with van der Waals surface area (Å²) >= 11 is 3.39. The lowest BCUT2D eigenvalue weighted by molar-refractivity contribution is 0.590. The highest BCUT2D eigenvalue weighted by atomic mass is 79.9. The molecule has 0 N–H and O–H groups in total. The minimum atomic E-state index is 0.206. The van der Waals surface area contributed by atoms with Gasteiger partial charge in [-0.1, -0.05) is 45.0 Å². The van der Waals surface area contributed by atoms with Crippen LogP contribution in [0.1, 0.15) is 26.3 Å². The van der Waals surface area contributed by atoms with Crippen LogP contribution in [0.2, 0.25) is 0 Å². The molecule has 0 aliphatic rings. The summed E-state index contributed by atoms with van der Waals surface area (Å²) in [4.78, 5) is 4.14. The van der Waals surface area contributed by atoms with E-state index in [-0.39, 0.29) is 5.41 Å². The first-order valence-corrected chi connectivity index (χ1v) is 6.48. The topological polar surface area (TPSA) is 12.9 Å². The van der Waals surface area contributed by atoms with Gasteiger partial charge in [-0.05, 0) is 50.2 Å². The Balaban J connectivity index is 2.36. The predicted molar refractivity (Wildman–Crippen MR) is 76.1 cm³/mol. The van der Waals surface area contributed by atoms with Crippen LogP contribution in [-0.2, 0) is 5.41 Å². The maximum Gasteiger partial charge on any atom is 0.106 e. The zero-order valence-electron chi connectivity index (χ0n) is 10.4. The van der Waals surface area contributed by atoms with Crippen LogP contribution in [0, 0.1) is 0 Å². The van der Waals surface area contributed by atoms with Gasteiger partial charge in [-0.25, -0.2) is 4.98 Å². The molecule has 0 spiro atoms. The Morgan fingerprint density at radius 3 is 2.12 bits per heavy atom. The summed E-state index contributed by atoms with van der Waals surface area (Å²) in [5.41, 5.74) is 3.97. The number of nitrogens with zero attached hydrogens (tertiary/aromatic N) is 1. The maximum atomic E-state index is 4.14. The summed E-state index contributed by atoms with van der Waals surface area (Å²) < 4.78 is 0.870. The molecule has 1 nitrogen and oxygen atoms in total. The zero-order valence-corrected chi connectivity index (χ0v) is 12.0. The molecule has 0 unspecified atom stereocenters. The lowest BCUT2D eigenvalue weighted by Gasteiger charge is -2.19. The summed E-state index contributed by atoms with van der Waals surface area (Å²) in [7, 11) is 0. The highest BCUT2D eigenvalue weighted by Crippen LogP contribution is 2.26. The quantitative estimate of drug-likeness (QED) is 0.687. The molecule has 0 amide bonds. The van der Waals surface area contributed by atoms with Crippen molar-refractivity contribution in [2.45, 2.75) is 26.2 Å². The molecule has 0 bridgehead atoms. The Morgan fingerprint density at radius 1 is 0.941 bits per heavy atom. The summed E-state index contributed by atoms with van der Waals surface area (Å²) in [5, 5.41) is 0. The van der Waals surface area contributed by atoms with Crippen LogP contribution in [0.5, 0.6) is 0 Å². The highest BCUT2D eigenvalue weighted by Gasteiger charge is 2.12. The van der Waals surface area contributed by atoms with Crippen molar-refractivity contribution in [1.29, 1.82) is 0 Å². The van der Waals surface area contributed by atoms with E-state index in [9.17, 15) is 0 Å². The van der Waals surface area contributed by atoms with Crippen LogP contribution >= 0.6 is 15.9 Å². The van der Waals surface area contributed by atoms with E-state index in [4.69, 9.17) is 0 Å². The molecule has 1 aromatic heterocycles. The normalized spacial score (nSPS) is 11.5. The van der Waals surface area contributed by atoms with Gasteiger partial charge in [-0.2, -0.15) is 0 Å². The number of aromatic nitrogens is 1. The van der Waals surface area contributed by atoms with Crippen molar-refractivity contribution < 1.29 is 0 Å². The maximum absolute atomic E-state index is 4.14. The standard InChI is InChI=1S/C15H16BrN/c1-15(2,3)13-6-4-11(5-7-13)12-8-9-17-14(16)10-12/h4-10H,1-3H3. The molecule has 0 radical (unpaired) electrons. The van der Waals surface area contributed by atoms with E-state index in [1.807, 2.05) is 18.3 Å². The zero-order chi connectivity index (χ0) is 12.5. The third-order valence-corrected chi connectivity index (χ3v) is 3.24. The molecule has 0 aliphatic heterocycles. The van der Waals surface area contributed by atoms with Gasteiger partial charge in [-0.3, -0.25) is 0 Å². The molecule has 1 aromatic carbocycles. The molecule has 2 rings (SSSR count). The van der Waals surface area contributed by atoms with Gasteiger partial charge in [0, 0.05) is 6.20 Å². The van der Waals surface area contributed by atoms with E-state index in [1.54, 1.807) is 0 Å². The Hall–Kier alpha value is -1.15. The molecule has 0 saturated carbocycles. The number of hydrogen-bond donors (Lipinski definition) is 0. The van der Waals surface area contributed by atoms with Crippen molar-refractivity contribution in [3.05, 3.63) is 52.8 Å². The highest BCUT2D eigenvalue weighted by molar-refractivity contribution is 9.10. The number of pyridine rings is 1. The molecule has 0 aliphatic carbocycles. The Labute approximate surface area is 111 Å². The molecular weight excluding hydrogens is 274 g/mol. The lowest BCUT2D eigenvalue weighted by atomic mass is 9.86. The first-order chi connectivity index (χ1) is 7.97. The van der Waals surface area contributed by atoms with Crippen LogP contribution < -0.4 is 0 Å². The van der Waals surface area contributed by atoms with E-state index < -0.39 is 0 Å². The van der Waals surface area contributed by atoms with Crippen LogP contribution in [-0.4, -0.2) is 4.98 Å². The van der Waals surface area contributed by atoms with Gasteiger partial charge in [0.05, 0.1) is 0 Å². The first kappa shape index (κ1) is 12.3. The fraction of sp³-hybridized carbons (Fsp3) is 0.267. The Bertz CT molecular complexity index is 509. The summed E-state index contributed by atoms with van der Waals surface area (Å²) in [6, 6.07) is 12.8. The monoisotopic (exact) mass is 289 g/mol. The smallest absolute Gasteiger partial charge is 0.106 e. The lowest BCUT2D eigenvalue weighted by Crippen LogP contribution is -2.10. The number of benzene rings is 1. The SMILES string of the molecule is CC(C)(C)c1ccc(-c2ccnc(Br)c2)cc1. The second kappa shape index (κ2) is 4.61. The Kier molecular flexibility index (Phi) is 3.34. The van der Waals surface area contributed by atoms with Crippen LogP contribution in [0.15, 0.2) is 47.2 Å². The van der Waals surface area contributed by atoms with Gasteiger partial charge < -0.3 is 0 Å². The van der Waals surface area contributed by atoms with Crippen molar-refractivity contribution in [1.82, 2.24) is 4.98 Å². The average molecular weight is 290 g/mol. The second-order valence-corrected chi connectivity index (χ2v) is 6.01. The first-order valence-electron chi connectivity index (χ1n) is 5.69. The third kappa shape index (κ3) is 2.95. The van der Waals surface area contributed by atoms with Crippen molar-refractivity contribution in [3.8, 4) is 11.1 Å². The fourth-order valence-corrected chi connectivity index (χ4v) is 2.11. The minimum Gasteiger partial charge on any atom is -0.249 e. The van der Waals surface area contributed by atoms with Crippen LogP contribution in [0.25, 0.3) is 11.1 Å². The molecule has 0 saturated heterocycles. The van der Waals surface area contributed by atoms with E-state index >= 15 is 0 Å². The molecule has 0 atom stereocenters. The van der Waals surface area contributed by atoms with Crippen LogP contribution in [0.3, 0.4) is 0 Å². The largest absolute Gasteiger partial charge is 0.249 e. The van der Waals surface area contributed by atoms with Gasteiger partial charge in [0.15, 0.2) is 0 Å². The van der Waals surface area contributed by atoms with Gasteiger partial charge in [0.25, 0.3) is 0 Å². The van der Waals surface area contributed by atoms with Crippen molar-refractivity contribution in [2.75, 3.05) is 0 Å². The summed E-state index contributed by atoms with van der Waals surface area (Å²) in [5.74, 6) is 0. The summed E-state index contributed by atoms with van der Waals surface area (Å²) in [6.07, 6.45) is 1.82. The van der Waals surface area contributed by atoms with Crippen molar-refractivity contribution in [3.63, 3.8) is 0 Å².